The second-order valence-corrected chi connectivity index (χ2v) is 8.66. The Labute approximate surface area is 202 Å². The van der Waals surface area contributed by atoms with Gasteiger partial charge in [-0.05, 0) is 34.7 Å². The third-order valence-corrected chi connectivity index (χ3v) is 6.42. The molecule has 7 aromatic rings. The minimum absolute atomic E-state index is 0.624. The van der Waals surface area contributed by atoms with Crippen molar-refractivity contribution in [2.45, 2.75) is 0 Å². The van der Waals surface area contributed by atoms with E-state index in [1.807, 2.05) is 34.8 Å². The van der Waals surface area contributed by atoms with Crippen LogP contribution < -0.4 is 0 Å². The van der Waals surface area contributed by atoms with Crippen molar-refractivity contribution in [2.75, 3.05) is 0 Å². The standard InChI is InChI=1S/C31H20N4/c1-2-8-21(9-3-1)22-14-16-23(17-15-22)30-27-12-6-7-13-28(27)32-31(33-30)29-19-26-18-24-10-4-5-11-25(24)20-35(26)34-29/h1-20H. The van der Waals surface area contributed by atoms with Crippen LogP contribution in [0.2, 0.25) is 0 Å². The summed E-state index contributed by atoms with van der Waals surface area (Å²) in [5.74, 6) is 0.624. The Kier molecular flexibility index (Phi) is 4.42. The average Bonchev–Trinajstić information content (AvgIpc) is 3.34. The topological polar surface area (TPSA) is 43.1 Å². The van der Waals surface area contributed by atoms with Gasteiger partial charge in [-0.1, -0.05) is 97.1 Å². The van der Waals surface area contributed by atoms with E-state index in [1.165, 1.54) is 16.5 Å². The van der Waals surface area contributed by atoms with Gasteiger partial charge in [0.05, 0.1) is 16.7 Å². The molecule has 0 aliphatic rings. The fraction of sp³-hybridized carbons (Fsp3) is 0. The fourth-order valence-electron chi connectivity index (χ4n) is 4.64. The molecule has 0 radical (unpaired) electrons. The highest BCUT2D eigenvalue weighted by Crippen LogP contribution is 2.31. The van der Waals surface area contributed by atoms with Crippen LogP contribution in [-0.4, -0.2) is 19.6 Å². The largest absolute Gasteiger partial charge is 0.240 e. The van der Waals surface area contributed by atoms with Crippen molar-refractivity contribution in [1.29, 1.82) is 0 Å². The molecule has 4 heteroatoms. The average molecular weight is 449 g/mol. The highest BCUT2D eigenvalue weighted by atomic mass is 15.2. The highest BCUT2D eigenvalue weighted by molar-refractivity contribution is 5.94. The Morgan fingerprint density at radius 3 is 2.09 bits per heavy atom. The Bertz CT molecular complexity index is 1780. The van der Waals surface area contributed by atoms with E-state index in [0.717, 1.165) is 38.8 Å². The second-order valence-electron chi connectivity index (χ2n) is 8.66. The fourth-order valence-corrected chi connectivity index (χ4v) is 4.64. The van der Waals surface area contributed by atoms with Gasteiger partial charge < -0.3 is 0 Å². The van der Waals surface area contributed by atoms with Crippen molar-refractivity contribution in [1.82, 2.24) is 19.6 Å². The van der Waals surface area contributed by atoms with Crippen molar-refractivity contribution in [2.24, 2.45) is 0 Å². The van der Waals surface area contributed by atoms with Crippen LogP contribution >= 0.6 is 0 Å². The highest BCUT2D eigenvalue weighted by Gasteiger charge is 2.14. The third kappa shape index (κ3) is 3.44. The van der Waals surface area contributed by atoms with Crippen molar-refractivity contribution < 1.29 is 0 Å². The van der Waals surface area contributed by atoms with Crippen LogP contribution in [0.4, 0.5) is 0 Å². The van der Waals surface area contributed by atoms with Crippen molar-refractivity contribution in [3.05, 3.63) is 121 Å². The predicted molar refractivity (Wildman–Crippen MR) is 142 cm³/mol. The summed E-state index contributed by atoms with van der Waals surface area (Å²) in [6, 6.07) is 39.7. The molecule has 4 nitrogen and oxygen atoms in total. The molecule has 0 atom stereocenters. The number of hydrogen-bond acceptors (Lipinski definition) is 3. The van der Waals surface area contributed by atoms with Gasteiger partial charge in [-0.25, -0.2) is 14.5 Å². The van der Waals surface area contributed by atoms with Crippen LogP contribution in [0, 0.1) is 0 Å². The quantitative estimate of drug-likeness (QED) is 0.282. The van der Waals surface area contributed by atoms with Gasteiger partial charge in [-0.2, -0.15) is 5.10 Å². The Morgan fingerprint density at radius 1 is 0.543 bits per heavy atom. The first-order chi connectivity index (χ1) is 17.3. The summed E-state index contributed by atoms with van der Waals surface area (Å²) in [5.41, 5.74) is 7.02. The molecule has 0 amide bonds. The molecule has 164 valence electrons. The first-order valence-electron chi connectivity index (χ1n) is 11.6. The monoisotopic (exact) mass is 448 g/mol. The van der Waals surface area contributed by atoms with Gasteiger partial charge in [0.2, 0.25) is 0 Å². The molecule has 35 heavy (non-hydrogen) atoms. The minimum Gasteiger partial charge on any atom is -0.240 e. The maximum Gasteiger partial charge on any atom is 0.181 e. The molecule has 4 aromatic carbocycles. The SMILES string of the molecule is c1ccc(-c2ccc(-c3nc(-c4cc5cc6ccccc6cn5n4)nc4ccccc34)cc2)cc1. The van der Waals surface area contributed by atoms with Crippen LogP contribution in [0.1, 0.15) is 0 Å². The number of fused-ring (bicyclic) bond motifs is 3. The molecule has 3 aromatic heterocycles. The summed E-state index contributed by atoms with van der Waals surface area (Å²) < 4.78 is 1.91. The van der Waals surface area contributed by atoms with Crippen molar-refractivity contribution >= 4 is 27.2 Å². The molecule has 0 aliphatic heterocycles. The van der Waals surface area contributed by atoms with Gasteiger partial charge in [0.1, 0.15) is 5.69 Å². The van der Waals surface area contributed by atoms with E-state index >= 15 is 0 Å². The minimum atomic E-state index is 0.624. The first-order valence-corrected chi connectivity index (χ1v) is 11.6. The summed E-state index contributed by atoms with van der Waals surface area (Å²) in [6.45, 7) is 0. The van der Waals surface area contributed by atoms with E-state index in [-0.39, 0.29) is 0 Å². The molecular weight excluding hydrogens is 428 g/mol. The number of rotatable bonds is 3. The number of pyridine rings is 1. The van der Waals surface area contributed by atoms with Gasteiger partial charge in [0.25, 0.3) is 0 Å². The van der Waals surface area contributed by atoms with E-state index in [1.54, 1.807) is 0 Å². The first kappa shape index (κ1) is 19.6. The molecule has 0 bridgehead atoms. The van der Waals surface area contributed by atoms with E-state index in [2.05, 4.69) is 91.1 Å². The van der Waals surface area contributed by atoms with Crippen LogP contribution in [0.25, 0.3) is 61.1 Å². The van der Waals surface area contributed by atoms with Gasteiger partial charge in [-0.15, -0.1) is 0 Å². The number of benzene rings is 4. The summed E-state index contributed by atoms with van der Waals surface area (Å²) in [6.07, 6.45) is 2.05. The smallest absolute Gasteiger partial charge is 0.181 e. The summed E-state index contributed by atoms with van der Waals surface area (Å²) in [5, 5.41) is 8.18. The molecule has 0 aliphatic carbocycles. The van der Waals surface area contributed by atoms with E-state index in [0.29, 0.717) is 5.82 Å². The maximum atomic E-state index is 5.02. The number of aromatic nitrogens is 4. The second kappa shape index (κ2) is 7.89. The van der Waals surface area contributed by atoms with Gasteiger partial charge in [0.15, 0.2) is 5.82 Å². The number of nitrogens with zero attached hydrogens (tertiary/aromatic N) is 4. The van der Waals surface area contributed by atoms with Crippen molar-refractivity contribution in [3.8, 4) is 33.9 Å². The summed E-state index contributed by atoms with van der Waals surface area (Å²) in [4.78, 5) is 9.90. The van der Waals surface area contributed by atoms with Gasteiger partial charge >= 0.3 is 0 Å². The van der Waals surface area contributed by atoms with Crippen molar-refractivity contribution in [3.63, 3.8) is 0 Å². The zero-order valence-corrected chi connectivity index (χ0v) is 18.8. The maximum absolute atomic E-state index is 5.02. The zero-order valence-electron chi connectivity index (χ0n) is 18.8. The zero-order chi connectivity index (χ0) is 23.2. The molecule has 0 spiro atoms. The van der Waals surface area contributed by atoms with Gasteiger partial charge in [0, 0.05) is 22.5 Å². The van der Waals surface area contributed by atoms with Crippen LogP contribution in [0.3, 0.4) is 0 Å². The molecule has 0 saturated carbocycles. The molecule has 7 rings (SSSR count). The molecule has 0 fully saturated rings. The third-order valence-electron chi connectivity index (χ3n) is 6.42. The predicted octanol–water partition coefficient (Wildman–Crippen LogP) is 7.43. The number of para-hydroxylation sites is 1. The van der Waals surface area contributed by atoms with Crippen LogP contribution in [0.15, 0.2) is 121 Å². The molecule has 0 N–H and O–H groups in total. The lowest BCUT2D eigenvalue weighted by molar-refractivity contribution is 0.965. The number of hydrogen-bond donors (Lipinski definition) is 0. The van der Waals surface area contributed by atoms with Crippen LogP contribution in [-0.2, 0) is 0 Å². The van der Waals surface area contributed by atoms with Crippen LogP contribution in [0.5, 0.6) is 0 Å². The molecule has 0 saturated heterocycles. The van der Waals surface area contributed by atoms with E-state index in [4.69, 9.17) is 15.1 Å². The lowest BCUT2D eigenvalue weighted by Crippen LogP contribution is -1.96. The van der Waals surface area contributed by atoms with Gasteiger partial charge in [-0.3, -0.25) is 0 Å². The lowest BCUT2D eigenvalue weighted by Gasteiger charge is -2.09. The molecule has 0 unspecified atom stereocenters. The molecular formula is C31H20N4. The van der Waals surface area contributed by atoms with E-state index < -0.39 is 0 Å². The molecule has 3 heterocycles. The Hall–Kier alpha value is -4.83. The Morgan fingerprint density at radius 2 is 1.23 bits per heavy atom. The van der Waals surface area contributed by atoms with E-state index in [9.17, 15) is 0 Å². The summed E-state index contributed by atoms with van der Waals surface area (Å²) >= 11 is 0. The lowest BCUT2D eigenvalue weighted by atomic mass is 10.0. The Balaban J connectivity index is 1.38. The summed E-state index contributed by atoms with van der Waals surface area (Å²) in [7, 11) is 0. The normalized spacial score (nSPS) is 11.4.